The molecule has 5 aromatic heterocycles. The highest BCUT2D eigenvalue weighted by atomic mass is 32.1. The molecule has 0 amide bonds. The van der Waals surface area contributed by atoms with Crippen LogP contribution in [0.15, 0.2) is 162 Å². The highest BCUT2D eigenvalue weighted by molar-refractivity contribution is 7.25. The minimum absolute atomic E-state index is 0.800. The van der Waals surface area contributed by atoms with Crippen molar-refractivity contribution in [3.8, 4) is 22.8 Å². The van der Waals surface area contributed by atoms with Gasteiger partial charge in [0, 0.05) is 48.0 Å². The predicted molar refractivity (Wildman–Crippen MR) is 216 cm³/mol. The van der Waals surface area contributed by atoms with Crippen LogP contribution in [0.5, 0.6) is 0 Å². The summed E-state index contributed by atoms with van der Waals surface area (Å²) in [5.41, 5.74) is 9.88. The van der Waals surface area contributed by atoms with Crippen molar-refractivity contribution in [2.45, 2.75) is 0 Å². The van der Waals surface area contributed by atoms with Crippen LogP contribution in [-0.2, 0) is 0 Å². The number of nitrogens with zero attached hydrogens (tertiary/aromatic N) is 4. The first-order chi connectivity index (χ1) is 25.8. The fourth-order valence-electron chi connectivity index (χ4n) is 8.34. The molecule has 0 saturated carbocycles. The molecule has 0 bridgehead atoms. The minimum Gasteiger partial charge on any atom is -0.454 e. The van der Waals surface area contributed by atoms with Crippen LogP contribution in [0.1, 0.15) is 0 Å². The highest BCUT2D eigenvalue weighted by Gasteiger charge is 2.27. The van der Waals surface area contributed by atoms with Gasteiger partial charge < -0.3 is 8.98 Å². The van der Waals surface area contributed by atoms with E-state index in [4.69, 9.17) is 14.4 Å². The summed E-state index contributed by atoms with van der Waals surface area (Å²) in [6.07, 6.45) is 0. The number of benzene rings is 7. The monoisotopic (exact) mass is 682 g/mol. The topological polar surface area (TPSA) is 48.8 Å². The van der Waals surface area contributed by atoms with Crippen LogP contribution in [-0.4, -0.2) is 19.1 Å². The average Bonchev–Trinajstić information content (AvgIpc) is 3.95. The summed E-state index contributed by atoms with van der Waals surface area (Å²) in [7, 11) is 0. The molecular weight excluding hydrogens is 657 g/mol. The lowest BCUT2D eigenvalue weighted by molar-refractivity contribution is 0.667. The quantitative estimate of drug-likeness (QED) is 0.186. The van der Waals surface area contributed by atoms with Gasteiger partial charge in [-0.1, -0.05) is 121 Å². The van der Waals surface area contributed by atoms with Crippen LogP contribution in [0.4, 0.5) is 0 Å². The number of para-hydroxylation sites is 4. The lowest BCUT2D eigenvalue weighted by Gasteiger charge is -2.14. The molecule has 0 fully saturated rings. The summed E-state index contributed by atoms with van der Waals surface area (Å²) < 4.78 is 12.8. The summed E-state index contributed by atoms with van der Waals surface area (Å²) in [5, 5.41) is 7.88. The molecular formula is C46H26N4OS. The zero-order valence-electron chi connectivity index (χ0n) is 27.6. The number of thiophene rings is 1. The first kappa shape index (κ1) is 28.0. The van der Waals surface area contributed by atoms with E-state index in [1.54, 1.807) is 11.3 Å². The summed E-state index contributed by atoms with van der Waals surface area (Å²) in [6.45, 7) is 0. The van der Waals surface area contributed by atoms with Gasteiger partial charge in [0.15, 0.2) is 11.4 Å². The van der Waals surface area contributed by atoms with E-state index < -0.39 is 0 Å². The van der Waals surface area contributed by atoms with Gasteiger partial charge in [0.1, 0.15) is 21.6 Å². The molecule has 0 unspecified atom stereocenters. The molecule has 5 heterocycles. The largest absolute Gasteiger partial charge is 0.454 e. The van der Waals surface area contributed by atoms with E-state index >= 15 is 0 Å². The lowest BCUT2D eigenvalue weighted by Crippen LogP contribution is -2.03. The maximum absolute atomic E-state index is 6.91. The number of hydrogen-bond donors (Lipinski definition) is 0. The van der Waals surface area contributed by atoms with E-state index in [-0.39, 0.29) is 0 Å². The average molecular weight is 683 g/mol. The number of rotatable bonds is 3. The normalized spacial score (nSPS) is 12.2. The van der Waals surface area contributed by atoms with Gasteiger partial charge in [-0.2, -0.15) is 0 Å². The molecule has 0 aliphatic rings. The third-order valence-electron chi connectivity index (χ3n) is 10.5. The molecule has 242 valence electrons. The van der Waals surface area contributed by atoms with E-state index in [0.717, 1.165) is 93.3 Å². The molecule has 0 N–H and O–H groups in total. The molecule has 0 aliphatic carbocycles. The Labute approximate surface area is 300 Å². The summed E-state index contributed by atoms with van der Waals surface area (Å²) in [6, 6.07) is 55.6. The molecule has 52 heavy (non-hydrogen) atoms. The zero-order chi connectivity index (χ0) is 33.9. The molecule has 7 aromatic carbocycles. The molecule has 0 saturated heterocycles. The van der Waals surface area contributed by atoms with Crippen molar-refractivity contribution < 1.29 is 4.42 Å². The van der Waals surface area contributed by atoms with Gasteiger partial charge in [-0.05, 0) is 36.4 Å². The second kappa shape index (κ2) is 10.4. The van der Waals surface area contributed by atoms with Crippen LogP contribution in [0.25, 0.3) is 109 Å². The van der Waals surface area contributed by atoms with E-state index in [9.17, 15) is 0 Å². The Bertz CT molecular complexity index is 3370. The predicted octanol–water partition coefficient (Wildman–Crippen LogP) is 12.6. The maximum atomic E-state index is 6.91. The van der Waals surface area contributed by atoms with Crippen LogP contribution < -0.4 is 0 Å². The van der Waals surface area contributed by atoms with Gasteiger partial charge in [-0.15, -0.1) is 11.3 Å². The van der Waals surface area contributed by atoms with Gasteiger partial charge in [0.05, 0.1) is 27.8 Å². The van der Waals surface area contributed by atoms with Crippen molar-refractivity contribution in [2.24, 2.45) is 0 Å². The molecule has 12 rings (SSSR count). The first-order valence-electron chi connectivity index (χ1n) is 17.4. The van der Waals surface area contributed by atoms with E-state index in [1.807, 2.05) is 12.1 Å². The van der Waals surface area contributed by atoms with Crippen molar-refractivity contribution in [3.63, 3.8) is 0 Å². The second-order valence-corrected chi connectivity index (χ2v) is 14.4. The Balaban J connectivity index is 1.33. The van der Waals surface area contributed by atoms with Gasteiger partial charge in [-0.25, -0.2) is 9.97 Å². The fraction of sp³-hybridized carbons (Fsp3) is 0. The van der Waals surface area contributed by atoms with Crippen molar-refractivity contribution >= 4 is 97.3 Å². The van der Waals surface area contributed by atoms with Crippen LogP contribution in [0, 0.1) is 0 Å². The Morgan fingerprint density at radius 2 is 1.08 bits per heavy atom. The standard InChI is InChI=1S/C46H26N4OS/c1-2-14-27(15-3-1)41-45(47-42-32-20-8-13-25-39(32)52-46(42)48-41)50-36-23-11-6-19-31(36)40-37(50)26-33-30-18-7-12-24-38(30)51-44(33)43(40)49-34-21-9-4-16-28(34)29-17-5-10-22-35(29)49/h1-26H. The third-order valence-corrected chi connectivity index (χ3v) is 11.6. The Morgan fingerprint density at radius 1 is 0.481 bits per heavy atom. The zero-order valence-corrected chi connectivity index (χ0v) is 28.4. The Morgan fingerprint density at radius 3 is 1.83 bits per heavy atom. The molecule has 0 atom stereocenters. The number of aromatic nitrogens is 4. The molecule has 0 radical (unpaired) electrons. The van der Waals surface area contributed by atoms with Crippen LogP contribution >= 0.6 is 11.3 Å². The van der Waals surface area contributed by atoms with Gasteiger partial charge in [-0.3, -0.25) is 4.57 Å². The molecule has 12 aromatic rings. The van der Waals surface area contributed by atoms with Gasteiger partial charge in [0.25, 0.3) is 0 Å². The van der Waals surface area contributed by atoms with E-state index in [0.29, 0.717) is 0 Å². The Hall–Kier alpha value is -6.76. The first-order valence-corrected chi connectivity index (χ1v) is 18.2. The molecule has 6 heteroatoms. The number of hydrogen-bond acceptors (Lipinski definition) is 4. The van der Waals surface area contributed by atoms with Crippen LogP contribution in [0.2, 0.25) is 0 Å². The van der Waals surface area contributed by atoms with Crippen molar-refractivity contribution in [2.75, 3.05) is 0 Å². The van der Waals surface area contributed by atoms with E-state index in [1.165, 1.54) is 15.5 Å². The third kappa shape index (κ3) is 3.71. The van der Waals surface area contributed by atoms with E-state index in [2.05, 4.69) is 155 Å². The molecule has 0 aliphatic heterocycles. The van der Waals surface area contributed by atoms with Crippen molar-refractivity contribution in [3.05, 3.63) is 158 Å². The molecule has 0 spiro atoms. The van der Waals surface area contributed by atoms with Gasteiger partial charge >= 0.3 is 0 Å². The number of fused-ring (bicyclic) bond motifs is 12. The van der Waals surface area contributed by atoms with Crippen molar-refractivity contribution in [1.29, 1.82) is 0 Å². The lowest BCUT2D eigenvalue weighted by atomic mass is 10.1. The van der Waals surface area contributed by atoms with Gasteiger partial charge in [0.2, 0.25) is 0 Å². The highest BCUT2D eigenvalue weighted by Crippen LogP contribution is 2.47. The number of furan rings is 1. The Kier molecular flexibility index (Phi) is 5.59. The summed E-state index contributed by atoms with van der Waals surface area (Å²) >= 11 is 1.69. The maximum Gasteiger partial charge on any atom is 0.165 e. The minimum atomic E-state index is 0.800. The SMILES string of the molecule is c1ccc(-c2nc3sc4ccccc4c3nc2-n2c3ccccc3c3c(-n4c5ccccc5c5ccccc54)c4oc5ccccc5c4cc32)cc1. The fourth-order valence-corrected chi connectivity index (χ4v) is 9.36. The summed E-state index contributed by atoms with van der Waals surface area (Å²) in [5.74, 6) is 0.800. The summed E-state index contributed by atoms with van der Waals surface area (Å²) in [4.78, 5) is 11.9. The van der Waals surface area contributed by atoms with Crippen LogP contribution in [0.3, 0.4) is 0 Å². The second-order valence-electron chi connectivity index (χ2n) is 13.3. The van der Waals surface area contributed by atoms with Crippen molar-refractivity contribution in [1.82, 2.24) is 19.1 Å². The molecule has 5 nitrogen and oxygen atoms in total. The smallest absolute Gasteiger partial charge is 0.165 e.